The van der Waals surface area contributed by atoms with Crippen LogP contribution in [-0.4, -0.2) is 18.5 Å². The Morgan fingerprint density at radius 3 is 2.59 bits per heavy atom. The molecule has 0 aromatic heterocycles. The Bertz CT molecular complexity index is 879. The molecular formula is C19H15ClF3NO3. The van der Waals surface area contributed by atoms with Gasteiger partial charge in [-0.25, -0.2) is 4.79 Å². The second-order valence-corrected chi connectivity index (χ2v) is 6.00. The molecule has 0 unspecified atom stereocenters. The number of esters is 1. The van der Waals surface area contributed by atoms with Crippen LogP contribution in [0, 0.1) is 6.92 Å². The van der Waals surface area contributed by atoms with Crippen LogP contribution in [0.1, 0.15) is 16.7 Å². The Morgan fingerprint density at radius 1 is 1.19 bits per heavy atom. The highest BCUT2D eigenvalue weighted by Crippen LogP contribution is 2.29. The van der Waals surface area contributed by atoms with E-state index in [4.69, 9.17) is 16.3 Å². The largest absolute Gasteiger partial charge is 0.452 e. The van der Waals surface area contributed by atoms with Crippen LogP contribution in [0.5, 0.6) is 0 Å². The summed E-state index contributed by atoms with van der Waals surface area (Å²) in [6.07, 6.45) is -2.35. The molecule has 142 valence electrons. The molecule has 0 aliphatic rings. The lowest BCUT2D eigenvalue weighted by Gasteiger charge is -2.08. The summed E-state index contributed by atoms with van der Waals surface area (Å²) in [5, 5.41) is 2.84. The highest BCUT2D eigenvalue weighted by Gasteiger charge is 2.30. The summed E-state index contributed by atoms with van der Waals surface area (Å²) in [4.78, 5) is 23.4. The Morgan fingerprint density at radius 2 is 1.93 bits per heavy atom. The van der Waals surface area contributed by atoms with Crippen LogP contribution in [0.15, 0.2) is 48.5 Å². The molecule has 1 N–H and O–H groups in total. The van der Waals surface area contributed by atoms with Gasteiger partial charge in [0.05, 0.1) is 16.3 Å². The molecule has 8 heteroatoms. The maximum absolute atomic E-state index is 12.6. The van der Waals surface area contributed by atoms with Gasteiger partial charge < -0.3 is 10.1 Å². The van der Waals surface area contributed by atoms with Gasteiger partial charge in [-0.1, -0.05) is 29.8 Å². The average Bonchev–Trinajstić information content (AvgIpc) is 2.60. The summed E-state index contributed by atoms with van der Waals surface area (Å²) in [6, 6.07) is 9.50. The molecule has 2 aromatic carbocycles. The van der Waals surface area contributed by atoms with E-state index in [2.05, 4.69) is 5.32 Å². The number of benzene rings is 2. The van der Waals surface area contributed by atoms with Crippen molar-refractivity contribution in [1.82, 2.24) is 0 Å². The number of ether oxygens (including phenoxy) is 1. The number of halogens is 4. The number of alkyl halides is 3. The maximum atomic E-state index is 12.6. The van der Waals surface area contributed by atoms with Crippen molar-refractivity contribution in [1.29, 1.82) is 0 Å². The highest BCUT2D eigenvalue weighted by atomic mass is 35.5. The minimum absolute atomic E-state index is 0.178. The minimum Gasteiger partial charge on any atom is -0.452 e. The fraction of sp³-hybridized carbons (Fsp3) is 0.158. The number of hydrogen-bond donors (Lipinski definition) is 1. The predicted octanol–water partition coefficient (Wildman–Crippen LogP) is 4.86. The molecule has 2 aromatic rings. The number of anilines is 1. The third-order valence-corrected chi connectivity index (χ3v) is 3.68. The molecule has 4 nitrogen and oxygen atoms in total. The van der Waals surface area contributed by atoms with Gasteiger partial charge in [0.2, 0.25) is 0 Å². The number of amides is 1. The molecule has 0 aliphatic carbocycles. The van der Waals surface area contributed by atoms with Crippen LogP contribution >= 0.6 is 11.6 Å². The van der Waals surface area contributed by atoms with Crippen molar-refractivity contribution >= 4 is 35.2 Å². The zero-order chi connectivity index (χ0) is 20.0. The molecule has 27 heavy (non-hydrogen) atoms. The number of nitrogens with one attached hydrogen (secondary N) is 1. The summed E-state index contributed by atoms with van der Waals surface area (Å²) in [5.41, 5.74) is 0.650. The number of aryl methyl sites for hydroxylation is 1. The molecule has 0 bridgehead atoms. The van der Waals surface area contributed by atoms with E-state index in [1.165, 1.54) is 18.2 Å². The zero-order valence-electron chi connectivity index (χ0n) is 14.1. The minimum atomic E-state index is -4.47. The summed E-state index contributed by atoms with van der Waals surface area (Å²) < 4.78 is 42.7. The number of carbonyl (C=O) groups excluding carboxylic acids is 2. The molecular weight excluding hydrogens is 383 g/mol. The van der Waals surface area contributed by atoms with Gasteiger partial charge in [-0.3, -0.25) is 4.79 Å². The van der Waals surface area contributed by atoms with Crippen LogP contribution in [0.4, 0.5) is 18.9 Å². The first-order chi connectivity index (χ1) is 12.6. The lowest BCUT2D eigenvalue weighted by molar-refractivity contribution is -0.142. The molecule has 0 fully saturated rings. The summed E-state index contributed by atoms with van der Waals surface area (Å²) in [7, 11) is 0. The van der Waals surface area contributed by atoms with Crippen molar-refractivity contribution < 1.29 is 27.5 Å². The SMILES string of the molecule is Cc1ccc(NC(=O)COC(=O)/C=C/c2cccc(C(F)(F)F)c2)c(Cl)c1. The van der Waals surface area contributed by atoms with Crippen molar-refractivity contribution in [2.45, 2.75) is 13.1 Å². The van der Waals surface area contributed by atoms with Gasteiger partial charge >= 0.3 is 12.1 Å². The monoisotopic (exact) mass is 397 g/mol. The zero-order valence-corrected chi connectivity index (χ0v) is 14.9. The van der Waals surface area contributed by atoms with Crippen LogP contribution in [0.2, 0.25) is 5.02 Å². The summed E-state index contributed by atoms with van der Waals surface area (Å²) in [6.45, 7) is 1.28. The smallest absolute Gasteiger partial charge is 0.416 e. The van der Waals surface area contributed by atoms with Crippen LogP contribution in [-0.2, 0) is 20.5 Å². The van der Waals surface area contributed by atoms with Crippen LogP contribution < -0.4 is 5.32 Å². The maximum Gasteiger partial charge on any atom is 0.416 e. The first-order valence-corrected chi connectivity index (χ1v) is 8.11. The topological polar surface area (TPSA) is 55.4 Å². The number of carbonyl (C=O) groups is 2. The van der Waals surface area contributed by atoms with Gasteiger partial charge in [-0.05, 0) is 48.4 Å². The van der Waals surface area contributed by atoms with Crippen molar-refractivity contribution in [3.63, 3.8) is 0 Å². The number of hydrogen-bond acceptors (Lipinski definition) is 3. The van der Waals surface area contributed by atoms with Crippen molar-refractivity contribution in [3.05, 3.63) is 70.3 Å². The molecule has 0 aliphatic heterocycles. The Hall–Kier alpha value is -2.80. The number of rotatable bonds is 5. The standard InChI is InChI=1S/C19H15ClF3NO3/c1-12-5-7-16(15(20)9-12)24-17(25)11-27-18(26)8-6-13-3-2-4-14(10-13)19(21,22)23/h2-10H,11H2,1H3,(H,24,25)/b8-6+. The fourth-order valence-corrected chi connectivity index (χ4v) is 2.36. The molecule has 0 heterocycles. The molecule has 0 radical (unpaired) electrons. The summed E-state index contributed by atoms with van der Waals surface area (Å²) >= 11 is 5.98. The van der Waals surface area contributed by atoms with E-state index in [0.29, 0.717) is 10.7 Å². The van der Waals surface area contributed by atoms with E-state index in [1.807, 2.05) is 6.92 Å². The van der Waals surface area contributed by atoms with E-state index in [-0.39, 0.29) is 5.56 Å². The lowest BCUT2D eigenvalue weighted by Crippen LogP contribution is -2.20. The predicted molar refractivity (Wildman–Crippen MR) is 96.3 cm³/mol. The molecule has 2 rings (SSSR count). The highest BCUT2D eigenvalue weighted by molar-refractivity contribution is 6.33. The van der Waals surface area contributed by atoms with Gasteiger partial charge in [-0.2, -0.15) is 13.2 Å². The quantitative estimate of drug-likeness (QED) is 0.579. The normalized spacial score (nSPS) is 11.4. The van der Waals surface area contributed by atoms with E-state index in [9.17, 15) is 22.8 Å². The lowest BCUT2D eigenvalue weighted by atomic mass is 10.1. The Balaban J connectivity index is 1.88. The van der Waals surface area contributed by atoms with E-state index < -0.39 is 30.2 Å². The Kier molecular flexibility index (Phi) is 6.63. The van der Waals surface area contributed by atoms with Gasteiger partial charge in [-0.15, -0.1) is 0 Å². The van der Waals surface area contributed by atoms with Crippen LogP contribution in [0.25, 0.3) is 6.08 Å². The molecule has 0 spiro atoms. The van der Waals surface area contributed by atoms with Gasteiger partial charge in [0.1, 0.15) is 0 Å². The van der Waals surface area contributed by atoms with Crippen LogP contribution in [0.3, 0.4) is 0 Å². The first-order valence-electron chi connectivity index (χ1n) is 7.73. The summed E-state index contributed by atoms with van der Waals surface area (Å²) in [5.74, 6) is -1.46. The van der Waals surface area contributed by atoms with E-state index in [1.54, 1.807) is 18.2 Å². The van der Waals surface area contributed by atoms with Gasteiger partial charge in [0, 0.05) is 6.08 Å². The third kappa shape index (κ3) is 6.45. The molecule has 0 saturated carbocycles. The second-order valence-electron chi connectivity index (χ2n) is 5.60. The molecule has 0 atom stereocenters. The van der Waals surface area contributed by atoms with E-state index in [0.717, 1.165) is 23.8 Å². The van der Waals surface area contributed by atoms with Crippen molar-refractivity contribution in [2.75, 3.05) is 11.9 Å². The fourth-order valence-electron chi connectivity index (χ4n) is 2.08. The van der Waals surface area contributed by atoms with Crippen molar-refractivity contribution in [3.8, 4) is 0 Å². The average molecular weight is 398 g/mol. The Labute approximate surface area is 158 Å². The molecule has 1 amide bonds. The van der Waals surface area contributed by atoms with Gasteiger partial charge in [0.15, 0.2) is 6.61 Å². The second kappa shape index (κ2) is 8.73. The van der Waals surface area contributed by atoms with Gasteiger partial charge in [0.25, 0.3) is 5.91 Å². The third-order valence-electron chi connectivity index (χ3n) is 3.37. The van der Waals surface area contributed by atoms with E-state index >= 15 is 0 Å². The molecule has 0 saturated heterocycles. The van der Waals surface area contributed by atoms with Crippen molar-refractivity contribution in [2.24, 2.45) is 0 Å². The first kappa shape index (κ1) is 20.5.